The van der Waals surface area contributed by atoms with Gasteiger partial charge in [0.1, 0.15) is 5.75 Å². The largest absolute Gasteiger partial charge is 0.494 e. The van der Waals surface area contributed by atoms with E-state index in [-0.39, 0.29) is 22.6 Å². The lowest BCUT2D eigenvalue weighted by atomic mass is 10.1. The van der Waals surface area contributed by atoms with Gasteiger partial charge in [-0.2, -0.15) is 13.2 Å². The van der Waals surface area contributed by atoms with E-state index in [0.717, 1.165) is 49.9 Å². The number of benzene rings is 2. The van der Waals surface area contributed by atoms with E-state index in [1.54, 1.807) is 29.3 Å². The van der Waals surface area contributed by atoms with Crippen LogP contribution in [0.25, 0.3) is 0 Å². The SMILES string of the molecule is O=C(c1ccc(OCCCC2CCCN2NS(=O)(=O)c2ccc(C(F)(F)F)cc2)cc1)C1CC1. The fourth-order valence-corrected chi connectivity index (χ4v) is 5.24. The highest BCUT2D eigenvalue weighted by atomic mass is 32.2. The zero-order chi connectivity index (χ0) is 24.3. The first-order valence-corrected chi connectivity index (χ1v) is 12.9. The third-order valence-electron chi connectivity index (χ3n) is 6.14. The van der Waals surface area contributed by atoms with E-state index in [1.165, 1.54) is 0 Å². The molecule has 1 unspecified atom stereocenters. The summed E-state index contributed by atoms with van der Waals surface area (Å²) in [5, 5.41) is 1.64. The Morgan fingerprint density at radius 2 is 1.71 bits per heavy atom. The normalized spacial score (nSPS) is 19.3. The number of halogens is 3. The van der Waals surface area contributed by atoms with Crippen LogP contribution in [0.2, 0.25) is 0 Å². The van der Waals surface area contributed by atoms with Crippen molar-refractivity contribution in [3.8, 4) is 5.75 Å². The first-order chi connectivity index (χ1) is 16.1. The van der Waals surface area contributed by atoms with Crippen LogP contribution < -0.4 is 9.57 Å². The number of sulfonamides is 1. The van der Waals surface area contributed by atoms with Crippen molar-refractivity contribution in [3.63, 3.8) is 0 Å². The zero-order valence-corrected chi connectivity index (χ0v) is 19.4. The van der Waals surface area contributed by atoms with Gasteiger partial charge >= 0.3 is 6.18 Å². The molecule has 2 aromatic rings. The molecule has 4 rings (SSSR count). The quantitative estimate of drug-likeness (QED) is 0.377. The fourth-order valence-electron chi connectivity index (χ4n) is 4.09. The summed E-state index contributed by atoms with van der Waals surface area (Å²) in [7, 11) is -3.98. The predicted molar refractivity (Wildman–Crippen MR) is 120 cm³/mol. The van der Waals surface area contributed by atoms with Gasteiger partial charge in [-0.3, -0.25) is 4.79 Å². The number of rotatable bonds is 10. The number of nitrogens with one attached hydrogen (secondary N) is 1. The summed E-state index contributed by atoms with van der Waals surface area (Å²) in [5.41, 5.74) is -0.188. The van der Waals surface area contributed by atoms with E-state index in [1.807, 2.05) is 0 Å². The third-order valence-corrected chi connectivity index (χ3v) is 7.51. The van der Waals surface area contributed by atoms with Crippen LogP contribution in [0, 0.1) is 5.92 Å². The van der Waals surface area contributed by atoms with Crippen molar-refractivity contribution in [2.24, 2.45) is 5.92 Å². The van der Waals surface area contributed by atoms with E-state index >= 15 is 0 Å². The fraction of sp³-hybridized carbons (Fsp3) is 0.458. The molecule has 0 bridgehead atoms. The van der Waals surface area contributed by atoms with Gasteiger partial charge < -0.3 is 4.74 Å². The number of ether oxygens (including phenoxy) is 1. The number of hydrogen-bond donors (Lipinski definition) is 1. The maximum atomic E-state index is 12.7. The van der Waals surface area contributed by atoms with Crippen molar-refractivity contribution in [2.75, 3.05) is 13.2 Å². The summed E-state index contributed by atoms with van der Waals surface area (Å²) >= 11 is 0. The number of hydrogen-bond acceptors (Lipinski definition) is 5. The Bertz CT molecular complexity index is 1100. The van der Waals surface area contributed by atoms with E-state index in [9.17, 15) is 26.4 Å². The molecule has 0 aromatic heterocycles. The Labute approximate surface area is 197 Å². The van der Waals surface area contributed by atoms with Gasteiger partial charge in [0.2, 0.25) is 0 Å². The molecule has 1 N–H and O–H groups in total. The summed E-state index contributed by atoms with van der Waals surface area (Å²) in [4.78, 5) is 14.4. The Kier molecular flexibility index (Phi) is 7.30. The molecule has 6 nitrogen and oxygen atoms in total. The number of nitrogens with zero attached hydrogens (tertiary/aromatic N) is 1. The van der Waals surface area contributed by atoms with Gasteiger partial charge in [-0.25, -0.2) is 13.4 Å². The average Bonchev–Trinajstić information content (AvgIpc) is 3.57. The van der Waals surface area contributed by atoms with Crippen LogP contribution in [0.15, 0.2) is 53.4 Å². The molecule has 2 aromatic carbocycles. The summed E-state index contributed by atoms with van der Waals surface area (Å²) < 4.78 is 69.3. The first-order valence-electron chi connectivity index (χ1n) is 11.4. The lowest BCUT2D eigenvalue weighted by Crippen LogP contribution is -2.45. The Morgan fingerprint density at radius 3 is 2.32 bits per heavy atom. The lowest BCUT2D eigenvalue weighted by molar-refractivity contribution is -0.137. The van der Waals surface area contributed by atoms with Crippen LogP contribution in [0.4, 0.5) is 13.2 Å². The highest BCUT2D eigenvalue weighted by molar-refractivity contribution is 7.89. The molecule has 2 fully saturated rings. The van der Waals surface area contributed by atoms with Crippen LogP contribution in [0.3, 0.4) is 0 Å². The molecule has 1 aliphatic heterocycles. The monoisotopic (exact) mass is 496 g/mol. The average molecular weight is 497 g/mol. The molecule has 2 aliphatic rings. The standard InChI is InChI=1S/C24H27F3N2O4S/c25-24(26,27)19-9-13-22(14-10-19)34(31,32)28-29-15-1-3-20(29)4-2-16-33-21-11-7-18(8-12-21)23(30)17-5-6-17/h7-14,17,20,28H,1-6,15-16H2. The first kappa shape index (κ1) is 24.7. The maximum Gasteiger partial charge on any atom is 0.416 e. The molecule has 34 heavy (non-hydrogen) atoms. The number of hydrazine groups is 1. The minimum atomic E-state index is -4.52. The Morgan fingerprint density at radius 1 is 1.03 bits per heavy atom. The number of alkyl halides is 3. The van der Waals surface area contributed by atoms with Gasteiger partial charge in [-0.05, 0) is 87.1 Å². The second-order valence-electron chi connectivity index (χ2n) is 8.76. The van der Waals surface area contributed by atoms with Gasteiger partial charge in [0.15, 0.2) is 5.78 Å². The van der Waals surface area contributed by atoms with Crippen molar-refractivity contribution in [1.82, 2.24) is 9.84 Å². The van der Waals surface area contributed by atoms with Gasteiger partial charge in [-0.15, -0.1) is 4.83 Å². The van der Waals surface area contributed by atoms with E-state index in [4.69, 9.17) is 4.74 Å². The predicted octanol–water partition coefficient (Wildman–Crippen LogP) is 4.82. The maximum absolute atomic E-state index is 12.7. The van der Waals surface area contributed by atoms with Gasteiger partial charge in [0, 0.05) is 24.1 Å². The van der Waals surface area contributed by atoms with Crippen LogP contribution in [-0.4, -0.2) is 38.4 Å². The van der Waals surface area contributed by atoms with Gasteiger partial charge in [0.25, 0.3) is 10.0 Å². The molecule has 0 amide bonds. The second-order valence-corrected chi connectivity index (χ2v) is 10.4. The van der Waals surface area contributed by atoms with Gasteiger partial charge in [0.05, 0.1) is 17.1 Å². The van der Waals surface area contributed by atoms with Crippen molar-refractivity contribution in [1.29, 1.82) is 0 Å². The molecule has 1 saturated carbocycles. The zero-order valence-electron chi connectivity index (χ0n) is 18.6. The lowest BCUT2D eigenvalue weighted by Gasteiger charge is -2.25. The minimum absolute atomic E-state index is 0.0219. The molecule has 1 heterocycles. The second kappa shape index (κ2) is 10.1. The highest BCUT2D eigenvalue weighted by Crippen LogP contribution is 2.33. The van der Waals surface area contributed by atoms with Crippen molar-refractivity contribution >= 4 is 15.8 Å². The van der Waals surface area contributed by atoms with Crippen LogP contribution in [0.1, 0.15) is 54.4 Å². The molecular weight excluding hydrogens is 469 g/mol. The number of carbonyl (C=O) groups is 1. The summed E-state index contributed by atoms with van der Waals surface area (Å²) in [6.07, 6.45) is 0.449. The molecule has 0 radical (unpaired) electrons. The number of ketones is 1. The van der Waals surface area contributed by atoms with Crippen LogP contribution >= 0.6 is 0 Å². The van der Waals surface area contributed by atoms with E-state index < -0.39 is 21.8 Å². The van der Waals surface area contributed by atoms with Crippen LogP contribution in [0.5, 0.6) is 5.75 Å². The molecule has 184 valence electrons. The molecule has 0 spiro atoms. The van der Waals surface area contributed by atoms with Crippen LogP contribution in [-0.2, 0) is 16.2 Å². The Balaban J connectivity index is 1.25. The topological polar surface area (TPSA) is 75.7 Å². The summed E-state index contributed by atoms with van der Waals surface area (Å²) in [5.74, 6) is 1.04. The number of Topliss-reactive ketones (excluding diaryl/α,β-unsaturated/α-hetero) is 1. The number of carbonyl (C=O) groups excluding carboxylic acids is 1. The van der Waals surface area contributed by atoms with Gasteiger partial charge in [-0.1, -0.05) is 0 Å². The smallest absolute Gasteiger partial charge is 0.416 e. The van der Waals surface area contributed by atoms with Crippen molar-refractivity contribution in [3.05, 3.63) is 59.7 Å². The molecule has 1 saturated heterocycles. The van der Waals surface area contributed by atoms with Crippen molar-refractivity contribution < 1.29 is 31.1 Å². The van der Waals surface area contributed by atoms with Crippen molar-refractivity contribution in [2.45, 2.75) is 55.6 Å². The molecule has 10 heteroatoms. The summed E-state index contributed by atoms with van der Waals surface area (Å²) in [6, 6.07) is 10.6. The molecular formula is C24H27F3N2O4S. The Hall–Kier alpha value is -2.43. The van der Waals surface area contributed by atoms with E-state index in [2.05, 4.69) is 4.83 Å². The third kappa shape index (κ3) is 6.17. The minimum Gasteiger partial charge on any atom is -0.494 e. The molecule has 1 atom stereocenters. The van der Waals surface area contributed by atoms with E-state index in [0.29, 0.717) is 37.3 Å². The molecule has 1 aliphatic carbocycles. The highest BCUT2D eigenvalue weighted by Gasteiger charge is 2.32. The summed E-state index contributed by atoms with van der Waals surface area (Å²) in [6.45, 7) is 0.980.